The Morgan fingerprint density at radius 2 is 1.83 bits per heavy atom. The molecule has 0 aliphatic carbocycles. The summed E-state index contributed by atoms with van der Waals surface area (Å²) in [7, 11) is -3.32. The van der Waals surface area contributed by atoms with E-state index in [-0.39, 0.29) is 12.6 Å². The van der Waals surface area contributed by atoms with Crippen molar-refractivity contribution >= 4 is 32.0 Å². The highest BCUT2D eigenvalue weighted by atomic mass is 79.9. The minimum Gasteiger partial charge on any atom is -0.438 e. The van der Waals surface area contributed by atoms with E-state index in [9.17, 15) is 13.2 Å². The number of benzene rings is 2. The van der Waals surface area contributed by atoms with E-state index in [4.69, 9.17) is 4.74 Å². The zero-order valence-electron chi connectivity index (χ0n) is 16.5. The second kappa shape index (κ2) is 8.85. The lowest BCUT2D eigenvalue weighted by Gasteiger charge is -2.43. The van der Waals surface area contributed by atoms with E-state index in [1.165, 1.54) is 0 Å². The third kappa shape index (κ3) is 5.38. The Hall–Kier alpha value is -1.90. The molecule has 2 atom stereocenters. The quantitative estimate of drug-likeness (QED) is 0.644. The number of carbonyl (C=O) groups excluding carboxylic acids is 1. The average molecular weight is 481 g/mol. The molecule has 1 heterocycles. The van der Waals surface area contributed by atoms with E-state index in [0.29, 0.717) is 19.4 Å². The maximum absolute atomic E-state index is 13.0. The van der Waals surface area contributed by atoms with Gasteiger partial charge in [0.05, 0.1) is 12.3 Å². The number of cyclic esters (lactones) is 1. The fraction of sp³-hybridized carbons (Fsp3) is 0.381. The minimum atomic E-state index is -3.32. The first-order valence-corrected chi connectivity index (χ1v) is 12.1. The Labute approximate surface area is 180 Å². The van der Waals surface area contributed by atoms with Crippen molar-refractivity contribution in [3.63, 3.8) is 0 Å². The molecular weight excluding hydrogens is 456 g/mol. The number of nitrogens with zero attached hydrogens (tertiary/aromatic N) is 1. The van der Waals surface area contributed by atoms with E-state index in [0.717, 1.165) is 21.9 Å². The summed E-state index contributed by atoms with van der Waals surface area (Å²) in [6.45, 7) is 2.69. The molecule has 0 saturated carbocycles. The van der Waals surface area contributed by atoms with Gasteiger partial charge in [-0.1, -0.05) is 58.4 Å². The largest absolute Gasteiger partial charge is 0.438 e. The summed E-state index contributed by atoms with van der Waals surface area (Å²) in [6, 6.07) is 17.3. The first kappa shape index (κ1) is 21.8. The number of nitrogens with one attached hydrogen (secondary N) is 1. The zero-order chi connectivity index (χ0) is 21.1. The molecule has 2 aromatic rings. The summed E-state index contributed by atoms with van der Waals surface area (Å²) in [5, 5.41) is 0. The van der Waals surface area contributed by atoms with Crippen molar-refractivity contribution in [2.24, 2.45) is 0 Å². The van der Waals surface area contributed by atoms with Crippen molar-refractivity contribution in [3.8, 4) is 0 Å². The van der Waals surface area contributed by atoms with E-state index in [1.807, 2.05) is 61.5 Å². The van der Waals surface area contributed by atoms with Crippen LogP contribution in [0, 0.1) is 0 Å². The van der Waals surface area contributed by atoms with E-state index in [1.54, 1.807) is 4.90 Å². The predicted octanol–water partition coefficient (Wildman–Crippen LogP) is 4.19. The highest BCUT2D eigenvalue weighted by Gasteiger charge is 2.43. The van der Waals surface area contributed by atoms with Crippen LogP contribution in [0.1, 0.15) is 36.9 Å². The van der Waals surface area contributed by atoms with E-state index >= 15 is 0 Å². The Bertz CT molecular complexity index is 950. The van der Waals surface area contributed by atoms with Crippen molar-refractivity contribution < 1.29 is 17.9 Å². The standard InChI is InChI=1S/C21H25BrN2O4S/c1-16(17-8-10-19(22)11-9-17)24-15-13-21(28-20(24)25,12-14-23-29(2,26)27)18-6-4-3-5-7-18/h3-11,16,23H,12-15H2,1-2H3/t16-,21?/m0/s1. The van der Waals surface area contributed by atoms with Crippen LogP contribution >= 0.6 is 15.9 Å². The Morgan fingerprint density at radius 3 is 2.41 bits per heavy atom. The van der Waals surface area contributed by atoms with Crippen molar-refractivity contribution in [1.82, 2.24) is 9.62 Å². The number of hydrogen-bond acceptors (Lipinski definition) is 4. The van der Waals surface area contributed by atoms with Crippen LogP contribution in [0.15, 0.2) is 59.1 Å². The molecule has 0 bridgehead atoms. The van der Waals surface area contributed by atoms with Gasteiger partial charge in [-0.15, -0.1) is 0 Å². The first-order valence-electron chi connectivity index (χ1n) is 9.45. The van der Waals surface area contributed by atoms with Crippen LogP contribution in [-0.2, 0) is 20.4 Å². The van der Waals surface area contributed by atoms with E-state index in [2.05, 4.69) is 20.7 Å². The molecule has 1 fully saturated rings. The molecule has 1 aliphatic heterocycles. The molecule has 1 N–H and O–H groups in total. The lowest BCUT2D eigenvalue weighted by molar-refractivity contribution is -0.0644. The number of halogens is 1. The van der Waals surface area contributed by atoms with Crippen molar-refractivity contribution in [2.75, 3.05) is 19.3 Å². The van der Waals surface area contributed by atoms with Crippen LogP contribution in [-0.4, -0.2) is 38.8 Å². The van der Waals surface area contributed by atoms with Crippen LogP contribution < -0.4 is 4.72 Å². The maximum Gasteiger partial charge on any atom is 0.411 e. The van der Waals surface area contributed by atoms with Gasteiger partial charge in [-0.3, -0.25) is 0 Å². The van der Waals surface area contributed by atoms with Gasteiger partial charge in [0, 0.05) is 30.4 Å². The van der Waals surface area contributed by atoms with Gasteiger partial charge in [-0.2, -0.15) is 0 Å². The Kier molecular flexibility index (Phi) is 6.65. The fourth-order valence-corrected chi connectivity index (χ4v) is 4.38. The fourth-order valence-electron chi connectivity index (χ4n) is 3.65. The monoisotopic (exact) mass is 480 g/mol. The summed E-state index contributed by atoms with van der Waals surface area (Å²) in [4.78, 5) is 14.7. The molecule has 6 nitrogen and oxygen atoms in total. The molecule has 1 amide bonds. The molecular formula is C21H25BrN2O4S. The molecule has 1 aliphatic rings. The number of ether oxygens (including phenoxy) is 1. The highest BCUT2D eigenvalue weighted by Crippen LogP contribution is 2.39. The summed E-state index contributed by atoms with van der Waals surface area (Å²) in [5.41, 5.74) is 1.04. The van der Waals surface area contributed by atoms with Gasteiger partial charge in [0.2, 0.25) is 10.0 Å². The number of amides is 1. The molecule has 0 aromatic heterocycles. The number of hydrogen-bond donors (Lipinski definition) is 1. The van der Waals surface area contributed by atoms with Gasteiger partial charge in [-0.25, -0.2) is 17.9 Å². The van der Waals surface area contributed by atoms with Crippen LogP contribution in [0.3, 0.4) is 0 Å². The SMILES string of the molecule is C[C@@H](c1ccc(Br)cc1)N1CCC(CCNS(C)(=O)=O)(c2ccccc2)OC1=O. The van der Waals surface area contributed by atoms with Crippen LogP contribution in [0.25, 0.3) is 0 Å². The summed E-state index contributed by atoms with van der Waals surface area (Å²) >= 11 is 3.43. The van der Waals surface area contributed by atoms with Crippen LogP contribution in [0.5, 0.6) is 0 Å². The third-order valence-corrected chi connectivity index (χ3v) is 6.54. The topological polar surface area (TPSA) is 75.7 Å². The maximum atomic E-state index is 13.0. The third-order valence-electron chi connectivity index (χ3n) is 5.29. The number of sulfonamides is 1. The van der Waals surface area contributed by atoms with Crippen molar-refractivity contribution in [3.05, 3.63) is 70.2 Å². The summed E-state index contributed by atoms with van der Waals surface area (Å²) < 4.78 is 32.4. The average Bonchev–Trinajstić information content (AvgIpc) is 2.68. The molecule has 2 aromatic carbocycles. The van der Waals surface area contributed by atoms with Gasteiger partial charge in [-0.05, 0) is 30.2 Å². The van der Waals surface area contributed by atoms with Crippen LogP contribution in [0.2, 0.25) is 0 Å². The summed E-state index contributed by atoms with van der Waals surface area (Å²) in [5.74, 6) is 0. The highest BCUT2D eigenvalue weighted by molar-refractivity contribution is 9.10. The Morgan fingerprint density at radius 1 is 1.17 bits per heavy atom. The van der Waals surface area contributed by atoms with Crippen LogP contribution in [0.4, 0.5) is 4.79 Å². The van der Waals surface area contributed by atoms with Gasteiger partial charge < -0.3 is 9.64 Å². The normalized spacial score (nSPS) is 20.9. The molecule has 1 unspecified atom stereocenters. The zero-order valence-corrected chi connectivity index (χ0v) is 18.9. The summed E-state index contributed by atoms with van der Waals surface area (Å²) in [6.07, 6.45) is 1.68. The van der Waals surface area contributed by atoms with Crippen molar-refractivity contribution in [2.45, 2.75) is 31.4 Å². The van der Waals surface area contributed by atoms with Gasteiger partial charge in [0.15, 0.2) is 0 Å². The first-order chi connectivity index (χ1) is 13.7. The molecule has 1 saturated heterocycles. The molecule has 0 spiro atoms. The molecule has 156 valence electrons. The Balaban J connectivity index is 1.80. The molecule has 0 radical (unpaired) electrons. The lowest BCUT2D eigenvalue weighted by Crippen LogP contribution is -2.49. The lowest BCUT2D eigenvalue weighted by atomic mass is 9.85. The molecule has 29 heavy (non-hydrogen) atoms. The van der Waals surface area contributed by atoms with Gasteiger partial charge >= 0.3 is 6.09 Å². The number of rotatable bonds is 7. The van der Waals surface area contributed by atoms with Gasteiger partial charge in [0.25, 0.3) is 0 Å². The second-order valence-corrected chi connectivity index (χ2v) is 10.1. The molecule has 8 heteroatoms. The second-order valence-electron chi connectivity index (χ2n) is 7.32. The smallest absolute Gasteiger partial charge is 0.411 e. The van der Waals surface area contributed by atoms with E-state index < -0.39 is 21.7 Å². The molecule has 3 rings (SSSR count). The number of carbonyl (C=O) groups is 1. The predicted molar refractivity (Wildman–Crippen MR) is 116 cm³/mol. The van der Waals surface area contributed by atoms with Crippen molar-refractivity contribution in [1.29, 1.82) is 0 Å². The minimum absolute atomic E-state index is 0.126. The van der Waals surface area contributed by atoms with Gasteiger partial charge in [0.1, 0.15) is 5.60 Å².